The molecular weight excluding hydrogens is 222 g/mol. The number of hydrogen-bond acceptors (Lipinski definition) is 3. The van der Waals surface area contributed by atoms with Gasteiger partial charge < -0.3 is 19.3 Å². The standard InChI is InChI=1S/C11H13N3O3/c1-7-3-4-8(17-7)6-14(2)10(15)9-5-12-11(16)13-9/h3-5H,6H2,1-2H3,(H2,12,13,16). The van der Waals surface area contributed by atoms with Crippen LogP contribution in [0.5, 0.6) is 0 Å². The van der Waals surface area contributed by atoms with Crippen LogP contribution in [0.25, 0.3) is 0 Å². The summed E-state index contributed by atoms with van der Waals surface area (Å²) in [6, 6.07) is 3.66. The Bertz CT molecular complexity index is 579. The first-order valence-corrected chi connectivity index (χ1v) is 5.15. The molecule has 6 heteroatoms. The number of H-pyrrole nitrogens is 2. The van der Waals surface area contributed by atoms with E-state index in [2.05, 4.69) is 9.97 Å². The van der Waals surface area contributed by atoms with E-state index >= 15 is 0 Å². The third kappa shape index (κ3) is 2.47. The lowest BCUT2D eigenvalue weighted by molar-refractivity contribution is 0.0769. The van der Waals surface area contributed by atoms with Crippen molar-refractivity contribution in [1.82, 2.24) is 14.9 Å². The lowest BCUT2D eigenvalue weighted by Gasteiger charge is -2.14. The molecule has 0 aliphatic rings. The Balaban J connectivity index is 2.07. The van der Waals surface area contributed by atoms with Gasteiger partial charge in [0.1, 0.15) is 17.2 Å². The Morgan fingerprint density at radius 2 is 2.24 bits per heavy atom. The smallest absolute Gasteiger partial charge is 0.323 e. The molecule has 0 bridgehead atoms. The van der Waals surface area contributed by atoms with Crippen LogP contribution in [0.15, 0.2) is 27.5 Å². The van der Waals surface area contributed by atoms with Crippen LogP contribution < -0.4 is 5.69 Å². The van der Waals surface area contributed by atoms with Gasteiger partial charge in [0.15, 0.2) is 0 Å². The molecule has 6 nitrogen and oxygen atoms in total. The first-order chi connectivity index (χ1) is 8.06. The number of carbonyl (C=O) groups is 1. The fourth-order valence-corrected chi connectivity index (χ4v) is 1.53. The number of nitrogens with one attached hydrogen (secondary N) is 2. The van der Waals surface area contributed by atoms with Crippen molar-refractivity contribution in [3.8, 4) is 0 Å². The maximum absolute atomic E-state index is 11.9. The lowest BCUT2D eigenvalue weighted by atomic mass is 10.3. The van der Waals surface area contributed by atoms with Gasteiger partial charge in [0, 0.05) is 13.2 Å². The summed E-state index contributed by atoms with van der Waals surface area (Å²) in [5.41, 5.74) is -0.156. The van der Waals surface area contributed by atoms with Gasteiger partial charge in [0.2, 0.25) is 0 Å². The molecular formula is C11H13N3O3. The second kappa shape index (κ2) is 4.32. The van der Waals surface area contributed by atoms with Crippen LogP contribution in [0, 0.1) is 6.92 Å². The number of hydrogen-bond donors (Lipinski definition) is 2. The van der Waals surface area contributed by atoms with Crippen LogP contribution in [0.2, 0.25) is 0 Å². The quantitative estimate of drug-likeness (QED) is 0.828. The fraction of sp³-hybridized carbons (Fsp3) is 0.273. The Hall–Kier alpha value is -2.24. The Labute approximate surface area is 97.3 Å². The first-order valence-electron chi connectivity index (χ1n) is 5.15. The zero-order chi connectivity index (χ0) is 12.4. The normalized spacial score (nSPS) is 10.5. The van der Waals surface area contributed by atoms with Crippen molar-refractivity contribution >= 4 is 5.91 Å². The molecule has 2 N–H and O–H groups in total. The van der Waals surface area contributed by atoms with Crippen LogP contribution in [0.4, 0.5) is 0 Å². The van der Waals surface area contributed by atoms with E-state index in [9.17, 15) is 9.59 Å². The van der Waals surface area contributed by atoms with Crippen molar-refractivity contribution in [1.29, 1.82) is 0 Å². The number of nitrogens with zero attached hydrogens (tertiary/aromatic N) is 1. The molecule has 0 unspecified atom stereocenters. The predicted octanol–water partition coefficient (Wildman–Crippen LogP) is 0.877. The highest BCUT2D eigenvalue weighted by atomic mass is 16.3. The summed E-state index contributed by atoms with van der Waals surface area (Å²) in [7, 11) is 1.64. The van der Waals surface area contributed by atoms with Gasteiger partial charge in [-0.1, -0.05) is 0 Å². The molecule has 0 fully saturated rings. The van der Waals surface area contributed by atoms with Crippen molar-refractivity contribution in [3.63, 3.8) is 0 Å². The topological polar surface area (TPSA) is 82.1 Å². The molecule has 2 heterocycles. The third-order valence-electron chi connectivity index (χ3n) is 2.36. The van der Waals surface area contributed by atoms with Crippen LogP contribution in [0.3, 0.4) is 0 Å². The van der Waals surface area contributed by atoms with Crippen LogP contribution in [0.1, 0.15) is 22.0 Å². The number of aromatic nitrogens is 2. The minimum absolute atomic E-state index is 0.237. The minimum atomic E-state index is -0.393. The highest BCUT2D eigenvalue weighted by Crippen LogP contribution is 2.09. The average molecular weight is 235 g/mol. The summed E-state index contributed by atoms with van der Waals surface area (Å²) >= 11 is 0. The van der Waals surface area contributed by atoms with E-state index in [1.54, 1.807) is 7.05 Å². The van der Waals surface area contributed by atoms with Gasteiger partial charge in [-0.15, -0.1) is 0 Å². The average Bonchev–Trinajstić information content (AvgIpc) is 2.87. The fourth-order valence-electron chi connectivity index (χ4n) is 1.53. The van der Waals surface area contributed by atoms with Crippen molar-refractivity contribution in [2.24, 2.45) is 0 Å². The molecule has 90 valence electrons. The van der Waals surface area contributed by atoms with Crippen molar-refractivity contribution in [3.05, 3.63) is 46.0 Å². The Kier molecular flexibility index (Phi) is 2.86. The van der Waals surface area contributed by atoms with Crippen LogP contribution in [-0.4, -0.2) is 27.8 Å². The second-order valence-electron chi connectivity index (χ2n) is 3.83. The van der Waals surface area contributed by atoms with Gasteiger partial charge in [-0.05, 0) is 19.1 Å². The molecule has 2 aromatic rings. The van der Waals surface area contributed by atoms with E-state index in [4.69, 9.17) is 4.42 Å². The highest BCUT2D eigenvalue weighted by molar-refractivity contribution is 5.91. The maximum atomic E-state index is 11.9. The number of carbonyl (C=O) groups excluding carboxylic acids is 1. The summed E-state index contributed by atoms with van der Waals surface area (Å²) < 4.78 is 5.37. The number of aromatic amines is 2. The number of imidazole rings is 1. The number of furan rings is 1. The molecule has 0 atom stereocenters. The Morgan fingerprint density at radius 3 is 2.76 bits per heavy atom. The zero-order valence-electron chi connectivity index (χ0n) is 9.61. The summed E-state index contributed by atoms with van der Waals surface area (Å²) in [5, 5.41) is 0. The maximum Gasteiger partial charge on any atom is 0.323 e. The molecule has 2 rings (SSSR count). The van der Waals surface area contributed by atoms with Crippen LogP contribution in [-0.2, 0) is 6.54 Å². The van der Waals surface area contributed by atoms with E-state index in [0.29, 0.717) is 12.3 Å². The largest absolute Gasteiger partial charge is 0.464 e. The zero-order valence-corrected chi connectivity index (χ0v) is 9.61. The number of aryl methyl sites for hydroxylation is 1. The monoisotopic (exact) mass is 235 g/mol. The van der Waals surface area contributed by atoms with Gasteiger partial charge >= 0.3 is 5.69 Å². The van der Waals surface area contributed by atoms with Gasteiger partial charge in [0.05, 0.1) is 6.54 Å². The molecule has 0 aliphatic heterocycles. The SMILES string of the molecule is Cc1ccc(CN(C)C(=O)c2c[nH]c(=O)[nH]2)o1. The first kappa shape index (κ1) is 11.3. The van der Waals surface area contributed by atoms with Crippen molar-refractivity contribution in [2.75, 3.05) is 7.05 Å². The van der Waals surface area contributed by atoms with E-state index in [0.717, 1.165) is 5.76 Å². The highest BCUT2D eigenvalue weighted by Gasteiger charge is 2.14. The molecule has 0 aromatic carbocycles. The van der Waals surface area contributed by atoms with E-state index in [-0.39, 0.29) is 11.6 Å². The number of amides is 1. The molecule has 0 spiro atoms. The second-order valence-corrected chi connectivity index (χ2v) is 3.83. The van der Waals surface area contributed by atoms with E-state index < -0.39 is 5.69 Å². The molecule has 17 heavy (non-hydrogen) atoms. The van der Waals surface area contributed by atoms with Gasteiger partial charge in [-0.2, -0.15) is 0 Å². The molecule has 2 aromatic heterocycles. The molecule has 0 saturated carbocycles. The van der Waals surface area contributed by atoms with Crippen LogP contribution >= 0.6 is 0 Å². The Morgan fingerprint density at radius 1 is 1.47 bits per heavy atom. The van der Waals surface area contributed by atoms with Crippen molar-refractivity contribution < 1.29 is 9.21 Å². The van der Waals surface area contributed by atoms with E-state index in [1.165, 1.54) is 11.1 Å². The summed E-state index contributed by atoms with van der Waals surface area (Å²) in [4.78, 5) is 29.0. The van der Waals surface area contributed by atoms with Gasteiger partial charge in [0.25, 0.3) is 5.91 Å². The van der Waals surface area contributed by atoms with Gasteiger partial charge in [-0.25, -0.2) is 4.79 Å². The molecule has 0 radical (unpaired) electrons. The predicted molar refractivity (Wildman–Crippen MR) is 60.7 cm³/mol. The number of rotatable bonds is 3. The molecule has 1 amide bonds. The van der Waals surface area contributed by atoms with Gasteiger partial charge in [-0.3, -0.25) is 4.79 Å². The molecule has 0 saturated heterocycles. The summed E-state index contributed by atoms with van der Waals surface area (Å²) in [6.45, 7) is 2.20. The lowest BCUT2D eigenvalue weighted by Crippen LogP contribution is -2.26. The minimum Gasteiger partial charge on any atom is -0.464 e. The third-order valence-corrected chi connectivity index (χ3v) is 2.36. The summed E-state index contributed by atoms with van der Waals surface area (Å²) in [6.07, 6.45) is 1.36. The summed E-state index contributed by atoms with van der Waals surface area (Å²) in [5.74, 6) is 1.24. The molecule has 0 aliphatic carbocycles. The van der Waals surface area contributed by atoms with Crippen molar-refractivity contribution in [2.45, 2.75) is 13.5 Å². The van der Waals surface area contributed by atoms with E-state index in [1.807, 2.05) is 19.1 Å².